The van der Waals surface area contributed by atoms with Crippen molar-refractivity contribution < 1.29 is 43.8 Å². The monoisotopic (exact) mass is 1130 g/mol. The Bertz CT molecular complexity index is 2820. The minimum Gasteiger partial charge on any atom is -0.873 e. The van der Waals surface area contributed by atoms with Crippen molar-refractivity contribution in [3.05, 3.63) is 213 Å². The van der Waals surface area contributed by atoms with Crippen molar-refractivity contribution in [2.75, 3.05) is 21.3 Å². The average molecular weight is 1140 g/mol. The molecule has 0 saturated carbocycles. The number of aryl methyl sites for hydroxylation is 4. The molecule has 4 N–H and O–H groups in total. The van der Waals surface area contributed by atoms with Gasteiger partial charge in [0.05, 0.1) is 46.9 Å². The second-order valence-corrected chi connectivity index (χ2v) is 21.9. The number of hydrogen-bond acceptors (Lipinski definition) is 8. The van der Waals surface area contributed by atoms with Gasteiger partial charge in [-0.2, -0.15) is 0 Å². The summed E-state index contributed by atoms with van der Waals surface area (Å²) in [5.41, 5.74) is 19.7. The van der Waals surface area contributed by atoms with Gasteiger partial charge in [-0.3, -0.25) is 9.97 Å². The van der Waals surface area contributed by atoms with Gasteiger partial charge in [0.15, 0.2) is 0 Å². The molecular weight excluding hydrogens is 1050 g/mol. The number of hydrogen-bond donors (Lipinski definition) is 4. The van der Waals surface area contributed by atoms with Crippen LogP contribution in [0.5, 0.6) is 11.5 Å². The Morgan fingerprint density at radius 2 is 0.526 bits per heavy atom. The van der Waals surface area contributed by atoms with Crippen LogP contribution in [-0.4, -0.2) is 9.97 Å². The predicted octanol–water partition coefficient (Wildman–Crippen LogP) is 17.6. The summed E-state index contributed by atoms with van der Waals surface area (Å²) in [6.07, 6.45) is 0. The summed E-state index contributed by atoms with van der Waals surface area (Å²) in [6.45, 7) is 35.4. The van der Waals surface area contributed by atoms with Gasteiger partial charge in [-0.15, -0.1) is 11.5 Å². The molecule has 416 valence electrons. The maximum atomic E-state index is 10.9. The normalized spacial score (nSPS) is 12.5. The zero-order valence-corrected chi connectivity index (χ0v) is 50.9. The molecule has 0 fully saturated rings. The Morgan fingerprint density at radius 3 is 0.744 bits per heavy atom. The van der Waals surface area contributed by atoms with Crippen LogP contribution in [0.25, 0.3) is 10.8 Å². The number of nitrogens with one attached hydrogen (secondary N) is 4. The van der Waals surface area contributed by atoms with Crippen LogP contribution in [0.4, 0.5) is 22.7 Å². The number of nitrogens with zero attached hydrogens (tertiary/aromatic N) is 2. The van der Waals surface area contributed by atoms with Crippen LogP contribution in [0.2, 0.25) is 0 Å². The minimum atomic E-state index is -0.436. The fraction of sp³-hybridized carbons (Fsp3) is 0.353. The first kappa shape index (κ1) is 64.2. The number of fused-ring (bicyclic) bond motifs is 1. The fourth-order valence-corrected chi connectivity index (χ4v) is 9.74. The molecule has 0 amide bonds. The zero-order chi connectivity index (χ0) is 55.4. The summed E-state index contributed by atoms with van der Waals surface area (Å²) in [7, 11) is 0. The van der Waals surface area contributed by atoms with Crippen molar-refractivity contribution in [3.63, 3.8) is 0 Å². The summed E-state index contributed by atoms with van der Waals surface area (Å²) in [5, 5.41) is 38.5. The Kier molecular flexibility index (Phi) is 24.4. The summed E-state index contributed by atoms with van der Waals surface area (Å²) >= 11 is 0. The van der Waals surface area contributed by atoms with Crippen molar-refractivity contribution >= 4 is 33.5 Å². The Morgan fingerprint density at radius 1 is 0.308 bits per heavy atom. The quantitative estimate of drug-likeness (QED) is 0.0755. The first-order chi connectivity index (χ1) is 36.1. The third kappa shape index (κ3) is 16.6. The number of aromatic nitrogens is 2. The van der Waals surface area contributed by atoms with E-state index in [1.807, 2.05) is 24.3 Å². The van der Waals surface area contributed by atoms with Crippen molar-refractivity contribution in [3.8, 4) is 11.5 Å². The van der Waals surface area contributed by atoms with E-state index < -0.39 is 11.5 Å². The molecule has 0 spiro atoms. The van der Waals surface area contributed by atoms with Crippen LogP contribution >= 0.6 is 0 Å². The Labute approximate surface area is 488 Å². The van der Waals surface area contributed by atoms with Gasteiger partial charge in [-0.1, -0.05) is 177 Å². The van der Waals surface area contributed by atoms with E-state index in [9.17, 15) is 10.2 Å². The molecule has 2 heterocycles. The zero-order valence-electron chi connectivity index (χ0n) is 48.9. The van der Waals surface area contributed by atoms with E-state index in [0.29, 0.717) is 23.7 Å². The van der Waals surface area contributed by atoms with Crippen LogP contribution in [-0.2, 0) is 33.6 Å². The molecule has 4 atom stereocenters. The van der Waals surface area contributed by atoms with E-state index in [1.165, 1.54) is 79.4 Å². The standard InChI is InChI=1S/2C29H39N3.C10H8O2.2Co/c2*1-18(2)24-14-9-12-20(5)28(24)30-22(7)26-16-11-17-27(32-26)23(8)31-29-21(6)13-10-15-25(29)19(3)4;11-9-5-7-3-1-2-4-8(7)6-10(9)12;;/h2*9-19,22-23,30-31H,1-8H3;1-6,11-12H;;/q;;;2*+1/p-2. The Hall–Kier alpha value is -6.31. The smallest absolute Gasteiger partial charge is 0.873 e. The summed E-state index contributed by atoms with van der Waals surface area (Å²) in [6, 6.07) is 49.4. The third-order valence-electron chi connectivity index (χ3n) is 14.3. The molecule has 78 heavy (non-hydrogen) atoms. The second kappa shape index (κ2) is 29.6. The number of pyridine rings is 2. The third-order valence-corrected chi connectivity index (χ3v) is 14.3. The van der Waals surface area contributed by atoms with Crippen molar-refractivity contribution in [2.45, 2.75) is 159 Å². The molecule has 0 radical (unpaired) electrons. The van der Waals surface area contributed by atoms with Crippen molar-refractivity contribution in [1.29, 1.82) is 0 Å². The van der Waals surface area contributed by atoms with Gasteiger partial charge in [0.25, 0.3) is 0 Å². The van der Waals surface area contributed by atoms with Gasteiger partial charge < -0.3 is 31.5 Å². The first-order valence-corrected chi connectivity index (χ1v) is 27.4. The van der Waals surface area contributed by atoms with E-state index in [1.54, 1.807) is 0 Å². The molecule has 8 rings (SSSR count). The van der Waals surface area contributed by atoms with Crippen LogP contribution in [0.15, 0.2) is 146 Å². The van der Waals surface area contributed by atoms with Gasteiger partial charge in [-0.25, -0.2) is 0 Å². The average Bonchev–Trinajstić information content (AvgIpc) is 3.41. The predicted molar refractivity (Wildman–Crippen MR) is 321 cm³/mol. The van der Waals surface area contributed by atoms with E-state index in [4.69, 9.17) is 9.97 Å². The molecule has 4 unspecified atom stereocenters. The fourth-order valence-electron chi connectivity index (χ4n) is 9.74. The molecule has 0 bridgehead atoms. The molecule has 0 saturated heterocycles. The van der Waals surface area contributed by atoms with Crippen LogP contribution < -0.4 is 31.5 Å². The summed E-state index contributed by atoms with van der Waals surface area (Å²) in [5.74, 6) is 1.01. The van der Waals surface area contributed by atoms with Crippen LogP contribution in [0.1, 0.15) is 198 Å². The van der Waals surface area contributed by atoms with E-state index in [2.05, 4.69) is 241 Å². The number of para-hydroxylation sites is 4. The van der Waals surface area contributed by atoms with Crippen molar-refractivity contribution in [1.82, 2.24) is 9.97 Å². The molecule has 0 aliphatic carbocycles. The first-order valence-electron chi connectivity index (χ1n) is 27.4. The minimum absolute atomic E-state index is 0. The molecule has 8 aromatic rings. The topological polar surface area (TPSA) is 120 Å². The van der Waals surface area contributed by atoms with Crippen molar-refractivity contribution in [2.24, 2.45) is 0 Å². The Balaban J connectivity index is 0.000000271. The van der Waals surface area contributed by atoms with Gasteiger partial charge in [0, 0.05) is 22.7 Å². The maximum Gasteiger partial charge on any atom is 1.00 e. The molecular formula is C68H84Co2N6O2. The van der Waals surface area contributed by atoms with Gasteiger partial charge in [0.1, 0.15) is 0 Å². The van der Waals surface area contributed by atoms with Gasteiger partial charge in [0.2, 0.25) is 0 Å². The largest absolute Gasteiger partial charge is 1.00 e. The van der Waals surface area contributed by atoms with E-state index >= 15 is 0 Å². The number of anilines is 4. The molecule has 6 aromatic carbocycles. The molecule has 8 nitrogen and oxygen atoms in total. The number of benzene rings is 6. The second-order valence-electron chi connectivity index (χ2n) is 21.9. The van der Waals surface area contributed by atoms with E-state index in [-0.39, 0.29) is 57.7 Å². The molecule has 0 aliphatic heterocycles. The number of rotatable bonds is 16. The molecule has 10 heteroatoms. The van der Waals surface area contributed by atoms with Crippen LogP contribution in [0.3, 0.4) is 0 Å². The van der Waals surface area contributed by atoms with Crippen LogP contribution in [0, 0.1) is 27.7 Å². The van der Waals surface area contributed by atoms with Gasteiger partial charge in [-0.05, 0) is 159 Å². The SMILES string of the molecule is Cc1cccc(C(C)C)c1NC(C)c1cccc(C(C)Nc2c(C)cccc2C(C)C)n1.Cc1cccc(C(C)C)c1NC(C)c1cccc(C(C)Nc2c(C)cccc2C(C)C)n1.[Co+].[Co+].[O-]c1cc2ccccc2cc1[O-]. The maximum absolute atomic E-state index is 10.9. The summed E-state index contributed by atoms with van der Waals surface area (Å²) < 4.78 is 0. The molecule has 2 aromatic heterocycles. The van der Waals surface area contributed by atoms with Gasteiger partial charge >= 0.3 is 33.6 Å². The van der Waals surface area contributed by atoms with E-state index in [0.717, 1.165) is 33.5 Å². The summed E-state index contributed by atoms with van der Waals surface area (Å²) in [4.78, 5) is 10.1. The molecule has 0 aliphatic rings.